The zero-order valence-corrected chi connectivity index (χ0v) is 9.03. The first-order chi connectivity index (χ1) is 7.18. The van der Waals surface area contributed by atoms with Crippen LogP contribution in [-0.2, 0) is 0 Å². The summed E-state index contributed by atoms with van der Waals surface area (Å²) >= 11 is 4.90. The van der Waals surface area contributed by atoms with E-state index < -0.39 is 0 Å². The third-order valence-corrected chi connectivity index (χ3v) is 2.19. The number of thiocarbonyl (C=S) groups is 1. The van der Waals surface area contributed by atoms with Gasteiger partial charge in [0.05, 0.1) is 0 Å². The molecule has 0 saturated carbocycles. The van der Waals surface area contributed by atoms with E-state index in [1.165, 1.54) is 0 Å². The van der Waals surface area contributed by atoms with Gasteiger partial charge in [-0.2, -0.15) is 0 Å². The first kappa shape index (κ1) is 9.79. The molecule has 0 radical (unpaired) electrons. The Balaban J connectivity index is 2.54. The lowest BCUT2D eigenvalue weighted by molar-refractivity contribution is 0.973. The van der Waals surface area contributed by atoms with Gasteiger partial charge in [-0.25, -0.2) is 9.97 Å². The van der Waals surface area contributed by atoms with Gasteiger partial charge in [0.1, 0.15) is 10.8 Å². The summed E-state index contributed by atoms with van der Waals surface area (Å²) in [7, 11) is 0. The molecule has 0 aromatic carbocycles. The predicted octanol–water partition coefficient (Wildman–Crippen LogP) is 1.21. The Bertz CT molecular complexity index is 504. The fraction of sp³-hybridized carbons (Fsp3) is 0.100. The zero-order valence-electron chi connectivity index (χ0n) is 8.21. The van der Waals surface area contributed by atoms with E-state index in [0.29, 0.717) is 5.82 Å². The van der Waals surface area contributed by atoms with Crippen molar-refractivity contribution in [2.24, 2.45) is 5.73 Å². The highest BCUT2D eigenvalue weighted by Gasteiger charge is 2.07. The highest BCUT2D eigenvalue weighted by atomic mass is 32.1. The van der Waals surface area contributed by atoms with Crippen LogP contribution in [0.5, 0.6) is 0 Å². The van der Waals surface area contributed by atoms with Gasteiger partial charge in [0.2, 0.25) is 0 Å². The van der Waals surface area contributed by atoms with Crippen LogP contribution >= 0.6 is 12.2 Å². The third kappa shape index (κ3) is 1.87. The maximum absolute atomic E-state index is 5.55. The topological polar surface area (TPSA) is 56.7 Å². The molecule has 0 saturated heterocycles. The molecule has 2 aromatic rings. The van der Waals surface area contributed by atoms with Crippen molar-refractivity contribution in [3.63, 3.8) is 0 Å². The van der Waals surface area contributed by atoms with Crippen molar-refractivity contribution < 1.29 is 0 Å². The molecule has 2 rings (SSSR count). The van der Waals surface area contributed by atoms with Gasteiger partial charge in [-0.1, -0.05) is 12.2 Å². The van der Waals surface area contributed by atoms with Crippen LogP contribution < -0.4 is 5.73 Å². The number of nitrogens with two attached hydrogens (primary N) is 1. The summed E-state index contributed by atoms with van der Waals surface area (Å²) in [4.78, 5) is 8.58. The van der Waals surface area contributed by atoms with Crippen LogP contribution in [0.25, 0.3) is 5.82 Å². The molecule has 0 aliphatic carbocycles. The minimum atomic E-state index is 0.267. The van der Waals surface area contributed by atoms with Gasteiger partial charge in [0.25, 0.3) is 0 Å². The van der Waals surface area contributed by atoms with Crippen molar-refractivity contribution in [3.05, 3.63) is 42.1 Å². The smallest absolute Gasteiger partial charge is 0.173 e. The van der Waals surface area contributed by atoms with Crippen LogP contribution in [0.4, 0.5) is 0 Å². The maximum Gasteiger partial charge on any atom is 0.173 e. The number of hydrogen-bond donors (Lipinski definition) is 1. The van der Waals surface area contributed by atoms with E-state index >= 15 is 0 Å². The molecule has 0 spiro atoms. The molecule has 0 aliphatic rings. The van der Waals surface area contributed by atoms with Crippen LogP contribution in [0.2, 0.25) is 0 Å². The van der Waals surface area contributed by atoms with E-state index in [2.05, 4.69) is 9.97 Å². The van der Waals surface area contributed by atoms with Gasteiger partial charge >= 0.3 is 0 Å². The van der Waals surface area contributed by atoms with E-state index in [1.54, 1.807) is 23.2 Å². The fourth-order valence-electron chi connectivity index (χ4n) is 1.32. The van der Waals surface area contributed by atoms with Crippen LogP contribution in [0.15, 0.2) is 30.7 Å². The van der Waals surface area contributed by atoms with E-state index in [1.807, 2.05) is 19.1 Å². The standard InChI is InChI=1S/C10H10N4S/c1-7-2-3-12-8(6-7)14-5-4-13-10(14)9(11)15/h2-6H,1H3,(H2,11,15). The first-order valence-electron chi connectivity index (χ1n) is 4.44. The molecule has 2 aromatic heterocycles. The van der Waals surface area contributed by atoms with Gasteiger partial charge in [0.15, 0.2) is 5.82 Å². The fourth-order valence-corrected chi connectivity index (χ4v) is 1.47. The summed E-state index contributed by atoms with van der Waals surface area (Å²) in [6, 6.07) is 3.88. The average molecular weight is 218 g/mol. The largest absolute Gasteiger partial charge is 0.387 e. The lowest BCUT2D eigenvalue weighted by Crippen LogP contribution is -2.16. The summed E-state index contributed by atoms with van der Waals surface area (Å²) < 4.78 is 1.77. The SMILES string of the molecule is Cc1ccnc(-n2ccnc2C(N)=S)c1. The lowest BCUT2D eigenvalue weighted by Gasteiger charge is -2.05. The molecular weight excluding hydrogens is 208 g/mol. The molecule has 0 unspecified atom stereocenters. The Labute approximate surface area is 92.8 Å². The molecule has 0 atom stereocenters. The monoisotopic (exact) mass is 218 g/mol. The summed E-state index contributed by atoms with van der Waals surface area (Å²) in [5.74, 6) is 1.33. The second-order valence-electron chi connectivity index (χ2n) is 3.18. The maximum atomic E-state index is 5.55. The predicted molar refractivity (Wildman–Crippen MR) is 62.0 cm³/mol. The average Bonchev–Trinajstić information content (AvgIpc) is 2.65. The minimum Gasteiger partial charge on any atom is -0.387 e. The second kappa shape index (κ2) is 3.78. The number of imidazole rings is 1. The summed E-state index contributed by atoms with van der Waals surface area (Å²) in [5, 5.41) is 0. The summed E-state index contributed by atoms with van der Waals surface area (Å²) in [6.45, 7) is 2.00. The quantitative estimate of drug-likeness (QED) is 0.770. The van der Waals surface area contributed by atoms with Gasteiger partial charge in [-0.15, -0.1) is 0 Å². The molecule has 2 heterocycles. The molecule has 2 N–H and O–H groups in total. The Morgan fingerprint density at radius 2 is 2.20 bits per heavy atom. The molecule has 0 fully saturated rings. The van der Waals surface area contributed by atoms with E-state index in [-0.39, 0.29) is 4.99 Å². The number of hydrogen-bond acceptors (Lipinski definition) is 3. The van der Waals surface area contributed by atoms with Crippen molar-refractivity contribution in [2.45, 2.75) is 6.92 Å². The van der Waals surface area contributed by atoms with Gasteiger partial charge < -0.3 is 5.73 Å². The molecule has 15 heavy (non-hydrogen) atoms. The summed E-state index contributed by atoms with van der Waals surface area (Å²) in [5.41, 5.74) is 6.68. The molecule has 4 nitrogen and oxygen atoms in total. The van der Waals surface area contributed by atoms with Gasteiger partial charge in [-0.3, -0.25) is 4.57 Å². The van der Waals surface area contributed by atoms with Gasteiger partial charge in [-0.05, 0) is 24.6 Å². The molecular formula is C10H10N4S. The third-order valence-electron chi connectivity index (χ3n) is 2.01. The Hall–Kier alpha value is -1.75. The number of nitrogens with zero attached hydrogens (tertiary/aromatic N) is 3. The van der Waals surface area contributed by atoms with E-state index in [0.717, 1.165) is 11.4 Å². The highest BCUT2D eigenvalue weighted by Crippen LogP contribution is 2.09. The molecule has 0 aliphatic heterocycles. The highest BCUT2D eigenvalue weighted by molar-refractivity contribution is 7.80. The molecule has 0 bridgehead atoms. The lowest BCUT2D eigenvalue weighted by atomic mass is 10.3. The number of pyridine rings is 1. The zero-order chi connectivity index (χ0) is 10.8. The minimum absolute atomic E-state index is 0.267. The van der Waals surface area contributed by atoms with Crippen molar-refractivity contribution in [1.82, 2.24) is 14.5 Å². The second-order valence-corrected chi connectivity index (χ2v) is 3.62. The van der Waals surface area contributed by atoms with Crippen LogP contribution in [-0.4, -0.2) is 19.5 Å². The van der Waals surface area contributed by atoms with E-state index in [4.69, 9.17) is 18.0 Å². The van der Waals surface area contributed by atoms with Gasteiger partial charge in [0, 0.05) is 18.6 Å². The van der Waals surface area contributed by atoms with Crippen LogP contribution in [0.1, 0.15) is 11.4 Å². The van der Waals surface area contributed by atoms with Crippen LogP contribution in [0, 0.1) is 6.92 Å². The number of aromatic nitrogens is 3. The first-order valence-corrected chi connectivity index (χ1v) is 4.85. The Morgan fingerprint density at radius 1 is 1.40 bits per heavy atom. The van der Waals surface area contributed by atoms with Crippen molar-refractivity contribution in [1.29, 1.82) is 0 Å². The number of aryl methyl sites for hydroxylation is 1. The van der Waals surface area contributed by atoms with Crippen molar-refractivity contribution >= 4 is 17.2 Å². The van der Waals surface area contributed by atoms with Crippen molar-refractivity contribution in [3.8, 4) is 5.82 Å². The molecule has 76 valence electrons. The molecule has 5 heteroatoms. The normalized spacial score (nSPS) is 10.2. The summed E-state index contributed by atoms with van der Waals surface area (Å²) in [6.07, 6.45) is 5.18. The van der Waals surface area contributed by atoms with Crippen molar-refractivity contribution in [2.75, 3.05) is 0 Å². The van der Waals surface area contributed by atoms with E-state index in [9.17, 15) is 0 Å². The molecule has 0 amide bonds. The Morgan fingerprint density at radius 3 is 2.87 bits per heavy atom. The number of rotatable bonds is 2. The Kier molecular flexibility index (Phi) is 2.47. The van der Waals surface area contributed by atoms with Crippen LogP contribution in [0.3, 0.4) is 0 Å².